The van der Waals surface area contributed by atoms with Crippen molar-refractivity contribution in [3.8, 4) is 5.75 Å². The standard InChI is InChI=1S/C12H13ClO2S/c13-11-6-9(7-14)3-4-12(11)15-10-2-1-5-16-8-10/h3-4,6-7,10H,1-2,5,8H2. The predicted molar refractivity (Wildman–Crippen MR) is 67.8 cm³/mol. The molecule has 1 atom stereocenters. The van der Waals surface area contributed by atoms with Crippen LogP contribution in [0, 0.1) is 0 Å². The van der Waals surface area contributed by atoms with E-state index < -0.39 is 0 Å². The Morgan fingerprint density at radius 3 is 3.00 bits per heavy atom. The van der Waals surface area contributed by atoms with Gasteiger partial charge in [0.25, 0.3) is 0 Å². The predicted octanol–water partition coefficient (Wildman–Crippen LogP) is 3.43. The number of rotatable bonds is 3. The lowest BCUT2D eigenvalue weighted by atomic mass is 10.2. The number of carbonyl (C=O) groups excluding carboxylic acids is 1. The highest BCUT2D eigenvalue weighted by Gasteiger charge is 2.16. The van der Waals surface area contributed by atoms with Crippen molar-refractivity contribution >= 4 is 29.6 Å². The van der Waals surface area contributed by atoms with Crippen molar-refractivity contribution < 1.29 is 9.53 Å². The third-order valence-corrected chi connectivity index (χ3v) is 3.98. The van der Waals surface area contributed by atoms with E-state index >= 15 is 0 Å². The van der Waals surface area contributed by atoms with Gasteiger partial charge in [-0.2, -0.15) is 11.8 Å². The maximum atomic E-state index is 10.6. The monoisotopic (exact) mass is 256 g/mol. The first-order valence-electron chi connectivity index (χ1n) is 5.29. The van der Waals surface area contributed by atoms with Gasteiger partial charge in [0.15, 0.2) is 0 Å². The molecule has 1 aliphatic rings. The molecule has 1 saturated heterocycles. The smallest absolute Gasteiger partial charge is 0.150 e. The molecule has 1 heterocycles. The number of hydrogen-bond acceptors (Lipinski definition) is 3. The van der Waals surface area contributed by atoms with Crippen LogP contribution in [0.1, 0.15) is 23.2 Å². The molecule has 0 saturated carbocycles. The molecule has 1 aliphatic heterocycles. The number of carbonyl (C=O) groups is 1. The van der Waals surface area contributed by atoms with Crippen molar-refractivity contribution in [3.05, 3.63) is 28.8 Å². The molecular weight excluding hydrogens is 244 g/mol. The summed E-state index contributed by atoms with van der Waals surface area (Å²) in [6.07, 6.45) is 3.31. The fourth-order valence-electron chi connectivity index (χ4n) is 1.67. The summed E-state index contributed by atoms with van der Waals surface area (Å²) >= 11 is 7.95. The van der Waals surface area contributed by atoms with Gasteiger partial charge >= 0.3 is 0 Å². The van der Waals surface area contributed by atoms with E-state index in [4.69, 9.17) is 16.3 Å². The summed E-state index contributed by atoms with van der Waals surface area (Å²) in [6, 6.07) is 5.13. The van der Waals surface area contributed by atoms with Gasteiger partial charge in [-0.3, -0.25) is 4.79 Å². The minimum absolute atomic E-state index is 0.248. The zero-order valence-electron chi connectivity index (χ0n) is 8.82. The largest absolute Gasteiger partial charge is 0.488 e. The second-order valence-corrected chi connectivity index (χ2v) is 5.32. The molecular formula is C12H13ClO2S. The molecule has 0 aliphatic carbocycles. The van der Waals surface area contributed by atoms with Crippen LogP contribution in [0.4, 0.5) is 0 Å². The summed E-state index contributed by atoms with van der Waals surface area (Å²) in [4.78, 5) is 10.6. The van der Waals surface area contributed by atoms with Gasteiger partial charge in [0.1, 0.15) is 18.1 Å². The zero-order valence-corrected chi connectivity index (χ0v) is 10.4. The molecule has 1 fully saturated rings. The van der Waals surface area contributed by atoms with Gasteiger partial charge in [-0.15, -0.1) is 0 Å². The molecule has 16 heavy (non-hydrogen) atoms. The third kappa shape index (κ3) is 2.92. The van der Waals surface area contributed by atoms with Crippen LogP contribution in [0.5, 0.6) is 5.75 Å². The molecule has 86 valence electrons. The number of benzene rings is 1. The molecule has 1 aromatic carbocycles. The Morgan fingerprint density at radius 2 is 2.38 bits per heavy atom. The van der Waals surface area contributed by atoms with Crippen LogP contribution in [0.2, 0.25) is 5.02 Å². The number of thioether (sulfide) groups is 1. The lowest BCUT2D eigenvalue weighted by molar-refractivity contribution is 0.112. The van der Waals surface area contributed by atoms with E-state index in [2.05, 4.69) is 0 Å². The molecule has 1 aromatic rings. The van der Waals surface area contributed by atoms with Gasteiger partial charge in [-0.1, -0.05) is 11.6 Å². The third-order valence-electron chi connectivity index (χ3n) is 2.50. The first kappa shape index (κ1) is 11.8. The van der Waals surface area contributed by atoms with Gasteiger partial charge in [0.2, 0.25) is 0 Å². The van der Waals surface area contributed by atoms with Crippen LogP contribution >= 0.6 is 23.4 Å². The summed E-state index contributed by atoms with van der Waals surface area (Å²) < 4.78 is 5.82. The van der Waals surface area contributed by atoms with Crippen molar-refractivity contribution in [3.63, 3.8) is 0 Å². The lowest BCUT2D eigenvalue weighted by Crippen LogP contribution is -2.23. The zero-order chi connectivity index (χ0) is 11.4. The van der Waals surface area contributed by atoms with Crippen LogP contribution in [-0.4, -0.2) is 23.9 Å². The van der Waals surface area contributed by atoms with Crippen LogP contribution in [-0.2, 0) is 0 Å². The molecule has 0 amide bonds. The van der Waals surface area contributed by atoms with Crippen LogP contribution in [0.15, 0.2) is 18.2 Å². The summed E-state index contributed by atoms with van der Waals surface area (Å²) in [5.41, 5.74) is 0.579. The van der Waals surface area contributed by atoms with Crippen molar-refractivity contribution in [2.24, 2.45) is 0 Å². The molecule has 0 bridgehead atoms. The fourth-order valence-corrected chi connectivity index (χ4v) is 2.94. The second-order valence-electron chi connectivity index (χ2n) is 3.76. The molecule has 0 spiro atoms. The minimum Gasteiger partial charge on any atom is -0.488 e. The summed E-state index contributed by atoms with van der Waals surface area (Å²) in [5, 5.41) is 0.514. The highest BCUT2D eigenvalue weighted by Crippen LogP contribution is 2.29. The maximum absolute atomic E-state index is 10.6. The first-order valence-corrected chi connectivity index (χ1v) is 6.82. The Hall–Kier alpha value is -0.670. The highest BCUT2D eigenvalue weighted by atomic mass is 35.5. The quantitative estimate of drug-likeness (QED) is 0.775. The fraction of sp³-hybridized carbons (Fsp3) is 0.417. The van der Waals surface area contributed by atoms with E-state index in [1.807, 2.05) is 11.8 Å². The molecule has 2 nitrogen and oxygen atoms in total. The normalized spacial score (nSPS) is 20.4. The van der Waals surface area contributed by atoms with Crippen LogP contribution in [0.25, 0.3) is 0 Å². The van der Waals surface area contributed by atoms with Crippen molar-refractivity contribution in [1.82, 2.24) is 0 Å². The maximum Gasteiger partial charge on any atom is 0.150 e. The summed E-state index contributed by atoms with van der Waals surface area (Å²) in [6.45, 7) is 0. The highest BCUT2D eigenvalue weighted by molar-refractivity contribution is 7.99. The average Bonchev–Trinajstić information content (AvgIpc) is 2.33. The number of halogens is 1. The molecule has 4 heteroatoms. The van der Waals surface area contributed by atoms with Gasteiger partial charge in [-0.25, -0.2) is 0 Å². The van der Waals surface area contributed by atoms with E-state index in [1.54, 1.807) is 18.2 Å². The Labute approximate surface area is 104 Å². The molecule has 1 unspecified atom stereocenters. The van der Waals surface area contributed by atoms with E-state index in [0.29, 0.717) is 16.3 Å². The van der Waals surface area contributed by atoms with E-state index in [9.17, 15) is 4.79 Å². The number of hydrogen-bond donors (Lipinski definition) is 0. The summed E-state index contributed by atoms with van der Waals surface area (Å²) in [5.74, 6) is 2.92. The van der Waals surface area contributed by atoms with Crippen LogP contribution < -0.4 is 4.74 Å². The van der Waals surface area contributed by atoms with Crippen molar-refractivity contribution in [2.45, 2.75) is 18.9 Å². The molecule has 2 rings (SSSR count). The SMILES string of the molecule is O=Cc1ccc(OC2CCCSC2)c(Cl)c1. The van der Waals surface area contributed by atoms with E-state index in [1.165, 1.54) is 12.2 Å². The number of ether oxygens (including phenoxy) is 1. The Morgan fingerprint density at radius 1 is 1.50 bits per heavy atom. The Balaban J connectivity index is 2.05. The van der Waals surface area contributed by atoms with E-state index in [0.717, 1.165) is 18.5 Å². The Kier molecular flexibility index (Phi) is 4.13. The lowest BCUT2D eigenvalue weighted by Gasteiger charge is -2.23. The summed E-state index contributed by atoms with van der Waals surface area (Å²) in [7, 11) is 0. The molecule has 0 radical (unpaired) electrons. The second kappa shape index (κ2) is 5.60. The van der Waals surface area contributed by atoms with Gasteiger partial charge in [0, 0.05) is 11.3 Å². The average molecular weight is 257 g/mol. The van der Waals surface area contributed by atoms with Gasteiger partial charge in [0.05, 0.1) is 5.02 Å². The minimum atomic E-state index is 0.248. The topological polar surface area (TPSA) is 26.3 Å². The number of aldehydes is 1. The molecule has 0 aromatic heterocycles. The Bertz CT molecular complexity index is 375. The van der Waals surface area contributed by atoms with Crippen LogP contribution in [0.3, 0.4) is 0 Å². The van der Waals surface area contributed by atoms with Crippen molar-refractivity contribution in [1.29, 1.82) is 0 Å². The molecule has 0 N–H and O–H groups in total. The van der Waals surface area contributed by atoms with Crippen molar-refractivity contribution in [2.75, 3.05) is 11.5 Å². The van der Waals surface area contributed by atoms with Gasteiger partial charge < -0.3 is 4.74 Å². The van der Waals surface area contributed by atoms with E-state index in [-0.39, 0.29) is 6.10 Å². The first-order chi connectivity index (χ1) is 7.79. The van der Waals surface area contributed by atoms with Gasteiger partial charge in [-0.05, 0) is 36.8 Å².